The number of nitrogens with zero attached hydrogens (tertiary/aromatic N) is 2. The molecule has 0 heterocycles. The van der Waals surface area contributed by atoms with E-state index >= 15 is 0 Å². The summed E-state index contributed by atoms with van der Waals surface area (Å²) in [5.41, 5.74) is 11.6. The fourth-order valence-corrected chi connectivity index (χ4v) is 7.45. The molecule has 46 heavy (non-hydrogen) atoms. The molecule has 0 unspecified atom stereocenters. The number of benzene rings is 6. The van der Waals surface area contributed by atoms with Crippen LogP contribution in [0.2, 0.25) is 0 Å². The number of hydrogen-bond acceptors (Lipinski definition) is 2. The van der Waals surface area contributed by atoms with Crippen LogP contribution in [0.15, 0.2) is 133 Å². The monoisotopic (exact) mass is 594 g/mol. The minimum atomic E-state index is -0.631. The van der Waals surface area contributed by atoms with Gasteiger partial charge in [-0.3, -0.25) is 0 Å². The van der Waals surface area contributed by atoms with Crippen LogP contribution in [0.1, 0.15) is 39.8 Å². The Morgan fingerprint density at radius 2 is 0.870 bits per heavy atom. The van der Waals surface area contributed by atoms with E-state index in [1.54, 1.807) is 0 Å². The standard InChI is InChI=1S/C44H38N2/c1-30-9-18-36(19-10-30)45(37-20-11-31(2)12-21-37)44(46(38-22-13-32(3)14-23-38)39-24-15-33(4)16-25-39)28-27-34-17-26-41-40-8-6-5-7-35(40)29-42(41)43(34)44/h5-27,29H,28H2,1-4H3. The van der Waals surface area contributed by atoms with Crippen molar-refractivity contribution in [2.24, 2.45) is 0 Å². The predicted octanol–water partition coefficient (Wildman–Crippen LogP) is 9.36. The molecule has 6 aromatic carbocycles. The molecule has 0 saturated heterocycles. The molecule has 0 aliphatic heterocycles. The topological polar surface area (TPSA) is 6.48 Å². The minimum absolute atomic E-state index is 0.631. The maximum absolute atomic E-state index is 2.60. The first-order valence-corrected chi connectivity index (χ1v) is 16.2. The summed E-state index contributed by atoms with van der Waals surface area (Å²) >= 11 is 0. The molecule has 0 bridgehead atoms. The first-order valence-electron chi connectivity index (χ1n) is 16.2. The average Bonchev–Trinajstić information content (AvgIpc) is 3.64. The maximum atomic E-state index is 2.60. The summed E-state index contributed by atoms with van der Waals surface area (Å²) < 4.78 is 0. The largest absolute Gasteiger partial charge is 0.313 e. The fourth-order valence-electron chi connectivity index (χ4n) is 7.45. The highest BCUT2D eigenvalue weighted by atomic mass is 15.4. The highest BCUT2D eigenvalue weighted by Gasteiger charge is 2.50. The van der Waals surface area contributed by atoms with Gasteiger partial charge in [0.15, 0.2) is 5.66 Å². The highest BCUT2D eigenvalue weighted by Crippen LogP contribution is 2.52. The number of hydrogen-bond donors (Lipinski definition) is 0. The van der Waals surface area contributed by atoms with E-state index in [0.717, 1.165) is 29.2 Å². The molecule has 8 rings (SSSR count). The molecule has 0 fully saturated rings. The van der Waals surface area contributed by atoms with E-state index in [4.69, 9.17) is 0 Å². The van der Waals surface area contributed by atoms with Crippen molar-refractivity contribution < 1.29 is 0 Å². The van der Waals surface area contributed by atoms with Gasteiger partial charge in [-0.05, 0) is 109 Å². The van der Waals surface area contributed by atoms with E-state index in [2.05, 4.69) is 183 Å². The predicted molar refractivity (Wildman–Crippen MR) is 193 cm³/mol. The van der Waals surface area contributed by atoms with Crippen LogP contribution in [0.4, 0.5) is 22.7 Å². The summed E-state index contributed by atoms with van der Waals surface area (Å²) in [5, 5.41) is 5.17. The van der Waals surface area contributed by atoms with Gasteiger partial charge in [0.05, 0.1) is 0 Å². The second-order valence-corrected chi connectivity index (χ2v) is 13.0. The quantitative estimate of drug-likeness (QED) is 0.177. The lowest BCUT2D eigenvalue weighted by Crippen LogP contribution is -2.55. The zero-order valence-corrected chi connectivity index (χ0v) is 27.0. The van der Waals surface area contributed by atoms with E-state index < -0.39 is 5.66 Å². The van der Waals surface area contributed by atoms with E-state index in [-0.39, 0.29) is 0 Å². The summed E-state index contributed by atoms with van der Waals surface area (Å²) in [5.74, 6) is 0. The third-order valence-corrected chi connectivity index (χ3v) is 9.74. The summed E-state index contributed by atoms with van der Waals surface area (Å²) in [6, 6.07) is 49.7. The molecule has 2 aliphatic rings. The lowest BCUT2D eigenvalue weighted by atomic mass is 9.88. The highest BCUT2D eigenvalue weighted by molar-refractivity contribution is 5.80. The molecular weight excluding hydrogens is 556 g/mol. The third-order valence-electron chi connectivity index (χ3n) is 9.74. The number of fused-ring (bicyclic) bond motifs is 4. The van der Waals surface area contributed by atoms with Gasteiger partial charge in [-0.15, -0.1) is 0 Å². The molecule has 224 valence electrons. The fraction of sp³-hybridized carbons (Fsp3) is 0.136. The third kappa shape index (κ3) is 4.48. The van der Waals surface area contributed by atoms with Crippen molar-refractivity contribution in [1.29, 1.82) is 0 Å². The van der Waals surface area contributed by atoms with E-state index in [0.29, 0.717) is 0 Å². The van der Waals surface area contributed by atoms with Crippen LogP contribution in [-0.4, -0.2) is 0 Å². The van der Waals surface area contributed by atoms with Gasteiger partial charge in [-0.1, -0.05) is 113 Å². The molecule has 0 aromatic heterocycles. The van der Waals surface area contributed by atoms with Gasteiger partial charge in [-0.25, -0.2) is 0 Å². The number of aryl methyl sites for hydroxylation is 4. The first-order chi connectivity index (χ1) is 22.4. The molecule has 0 radical (unpaired) electrons. The minimum Gasteiger partial charge on any atom is -0.313 e. The van der Waals surface area contributed by atoms with Crippen LogP contribution in [0.5, 0.6) is 0 Å². The van der Waals surface area contributed by atoms with Crippen molar-refractivity contribution in [1.82, 2.24) is 0 Å². The van der Waals surface area contributed by atoms with Crippen molar-refractivity contribution in [3.05, 3.63) is 188 Å². The molecule has 0 amide bonds. The van der Waals surface area contributed by atoms with E-state index in [1.165, 1.54) is 54.3 Å². The summed E-state index contributed by atoms with van der Waals surface area (Å²) in [6.07, 6.45) is 5.67. The van der Waals surface area contributed by atoms with Crippen LogP contribution in [0.25, 0.3) is 12.2 Å². The molecule has 0 saturated carbocycles. The smallest absolute Gasteiger partial charge is 0.152 e. The van der Waals surface area contributed by atoms with Crippen molar-refractivity contribution >= 4 is 34.9 Å². The SMILES string of the molecule is Cc1ccc(N(c2ccc(C)cc2)C2(N(c3ccc(C)cc3)c3ccc(C)cc3)CC=c3ccc4c(c32)C=c2ccccc2=4)cc1. The Morgan fingerprint density at radius 1 is 0.435 bits per heavy atom. The van der Waals surface area contributed by atoms with Gasteiger partial charge in [0.25, 0.3) is 0 Å². The van der Waals surface area contributed by atoms with Gasteiger partial charge < -0.3 is 9.80 Å². The zero-order valence-electron chi connectivity index (χ0n) is 27.0. The van der Waals surface area contributed by atoms with Crippen molar-refractivity contribution in [2.45, 2.75) is 39.8 Å². The van der Waals surface area contributed by atoms with Crippen LogP contribution in [0.3, 0.4) is 0 Å². The van der Waals surface area contributed by atoms with Crippen molar-refractivity contribution in [3.63, 3.8) is 0 Å². The normalized spacial score (nSPS) is 13.7. The van der Waals surface area contributed by atoms with Gasteiger partial charge in [0.1, 0.15) is 0 Å². The Kier molecular flexibility index (Phi) is 6.69. The van der Waals surface area contributed by atoms with Crippen LogP contribution in [0, 0.1) is 38.1 Å². The average molecular weight is 595 g/mol. The van der Waals surface area contributed by atoms with Gasteiger partial charge in [-0.2, -0.15) is 0 Å². The van der Waals surface area contributed by atoms with Crippen molar-refractivity contribution in [3.8, 4) is 0 Å². The van der Waals surface area contributed by atoms with Gasteiger partial charge >= 0.3 is 0 Å². The molecule has 2 heteroatoms. The Hall–Kier alpha value is -5.34. The molecular formula is C44H38N2. The lowest BCUT2D eigenvalue weighted by molar-refractivity contribution is 0.466. The van der Waals surface area contributed by atoms with Gasteiger partial charge in [0, 0.05) is 34.7 Å². The summed E-state index contributed by atoms with van der Waals surface area (Å²) in [7, 11) is 0. The Balaban J connectivity index is 1.54. The number of rotatable bonds is 6. The van der Waals surface area contributed by atoms with E-state index in [1.807, 2.05) is 0 Å². The molecule has 6 aromatic rings. The van der Waals surface area contributed by atoms with Crippen LogP contribution >= 0.6 is 0 Å². The second kappa shape index (κ2) is 10.9. The first kappa shape index (κ1) is 28.2. The van der Waals surface area contributed by atoms with Crippen LogP contribution < -0.4 is 20.2 Å². The Labute approximate surface area is 271 Å². The lowest BCUT2D eigenvalue weighted by Gasteiger charge is -2.52. The molecule has 0 atom stereocenters. The Bertz CT molecular complexity index is 2110. The summed E-state index contributed by atoms with van der Waals surface area (Å²) in [4.78, 5) is 5.20. The van der Waals surface area contributed by atoms with Crippen LogP contribution in [-0.2, 0) is 5.66 Å². The molecule has 2 nitrogen and oxygen atoms in total. The number of anilines is 4. The second-order valence-electron chi connectivity index (χ2n) is 13.0. The van der Waals surface area contributed by atoms with E-state index in [9.17, 15) is 0 Å². The molecule has 0 N–H and O–H groups in total. The maximum Gasteiger partial charge on any atom is 0.152 e. The zero-order chi connectivity index (χ0) is 31.4. The molecule has 0 spiro atoms. The Morgan fingerprint density at radius 3 is 1.33 bits per heavy atom. The van der Waals surface area contributed by atoms with Crippen molar-refractivity contribution in [2.75, 3.05) is 9.80 Å². The van der Waals surface area contributed by atoms with Gasteiger partial charge in [0.2, 0.25) is 0 Å². The summed E-state index contributed by atoms with van der Waals surface area (Å²) in [6.45, 7) is 8.66. The molecule has 2 aliphatic carbocycles.